The van der Waals surface area contributed by atoms with Crippen LogP contribution in [0.2, 0.25) is 5.02 Å². The Morgan fingerprint density at radius 1 is 0.897 bits per heavy atom. The summed E-state index contributed by atoms with van der Waals surface area (Å²) in [5.41, 5.74) is 3.82. The number of carbonyl (C=O) groups is 4. The second-order valence-corrected chi connectivity index (χ2v) is 18.0. The van der Waals surface area contributed by atoms with Crippen molar-refractivity contribution in [3.05, 3.63) is 100 Å². The Hall–Kier alpha value is -5.30. The number of imide groups is 2. The lowest BCUT2D eigenvalue weighted by Gasteiger charge is -2.49. The molecule has 1 saturated carbocycles. The van der Waals surface area contributed by atoms with Gasteiger partial charge in [0.15, 0.2) is 0 Å². The minimum atomic E-state index is -1.31. The number of amides is 4. The van der Waals surface area contributed by atoms with E-state index in [9.17, 15) is 19.5 Å². The molecule has 11 nitrogen and oxygen atoms in total. The lowest BCUT2D eigenvalue weighted by Crippen LogP contribution is -2.49. The third-order valence-corrected chi connectivity index (χ3v) is 15.1. The molecule has 3 aromatic carbocycles. The van der Waals surface area contributed by atoms with Crippen LogP contribution in [0.5, 0.6) is 5.75 Å². The van der Waals surface area contributed by atoms with Gasteiger partial charge in [-0.25, -0.2) is 4.90 Å². The molecular weight excluding hydrogens is 774 g/mol. The second-order valence-electron chi connectivity index (χ2n) is 16.5. The number of anilines is 3. The highest BCUT2D eigenvalue weighted by Crippen LogP contribution is 2.64. The van der Waals surface area contributed by atoms with Gasteiger partial charge in [-0.15, -0.1) is 11.3 Å². The molecule has 0 bridgehead atoms. The van der Waals surface area contributed by atoms with Crippen LogP contribution in [-0.4, -0.2) is 64.8 Å². The number of nitrogens with zero attached hydrogens (tertiary/aromatic N) is 5. The third kappa shape index (κ3) is 5.23. The molecule has 3 aliphatic heterocycles. The van der Waals surface area contributed by atoms with Crippen LogP contribution in [0.4, 0.5) is 17.2 Å². The van der Waals surface area contributed by atoms with Crippen LogP contribution in [-0.2, 0) is 31.0 Å². The van der Waals surface area contributed by atoms with Crippen LogP contribution in [0.25, 0.3) is 20.7 Å². The molecule has 2 aliphatic carbocycles. The number of aryl methyl sites for hydroxylation is 3. The number of benzene rings is 3. The first-order valence-corrected chi connectivity index (χ1v) is 21.0. The van der Waals surface area contributed by atoms with E-state index in [0.717, 1.165) is 44.9 Å². The summed E-state index contributed by atoms with van der Waals surface area (Å²) in [6.45, 7) is 8.46. The Bertz CT molecular complexity index is 2630. The van der Waals surface area contributed by atoms with Gasteiger partial charge < -0.3 is 14.7 Å². The topological polar surface area (TPSA) is 125 Å². The molecule has 4 amide bonds. The Morgan fingerprint density at radius 2 is 1.64 bits per heavy atom. The molecule has 58 heavy (non-hydrogen) atoms. The average molecular weight is 816 g/mol. The number of hydrogen-bond acceptors (Lipinski definition) is 9. The van der Waals surface area contributed by atoms with Crippen molar-refractivity contribution in [2.45, 2.75) is 39.5 Å². The summed E-state index contributed by atoms with van der Waals surface area (Å²) < 4.78 is 8.13. The fourth-order valence-electron chi connectivity index (χ4n) is 10.6. The lowest BCUT2D eigenvalue weighted by atomic mass is 9.51. The van der Waals surface area contributed by atoms with Crippen LogP contribution < -0.4 is 14.7 Å². The number of thiophene rings is 1. The SMILES string of the molecule is Cc1cccc([C@H]2C3=CC[C@@H]4C(=O)N(c5ccc(N6CCOCC6)cc5)C(=O)[C@@H]4[C@@H]3C[C@H]3C(=O)N(c4cc(-c5sc6ccc(Cl)cc6c5C)nn4C)C(=O)[C@@]23C)c1O. The average Bonchev–Trinajstić information content (AvgIpc) is 3.89. The first kappa shape index (κ1) is 37.0. The standard InChI is InChI=1S/C45H42ClN5O6S/c1-23-6-5-7-30(39(23)52)38-28-13-14-29-37(43(55)50(41(29)53)27-11-9-26(10-12-27)49-16-18-57-19-17-49)32(28)21-33-42(54)51(44(56)45(33,38)3)36-22-34(47-48(36)4)40-24(2)31-20-25(46)8-15-35(31)58-40/h5-13,15,20,22,29,32-33,37-38,52H,14,16-19,21H2,1-4H3/t29-,32+,33-,37-,38+,45+/m0/s1. The Balaban J connectivity index is 1.04. The van der Waals surface area contributed by atoms with Gasteiger partial charge in [0.1, 0.15) is 17.3 Å². The van der Waals surface area contributed by atoms with Crippen molar-refractivity contribution in [1.29, 1.82) is 0 Å². The van der Waals surface area contributed by atoms with Crippen LogP contribution in [0.1, 0.15) is 42.4 Å². The van der Waals surface area contributed by atoms with E-state index in [2.05, 4.69) is 4.90 Å². The number of hydrogen-bond donors (Lipinski definition) is 1. The number of rotatable bonds is 5. The molecule has 1 N–H and O–H groups in total. The molecule has 10 rings (SSSR count). The number of halogens is 1. The van der Waals surface area contributed by atoms with Gasteiger partial charge in [0.25, 0.3) is 0 Å². The predicted molar refractivity (Wildman–Crippen MR) is 223 cm³/mol. The van der Waals surface area contributed by atoms with Gasteiger partial charge >= 0.3 is 0 Å². The zero-order chi connectivity index (χ0) is 40.4. The summed E-state index contributed by atoms with van der Waals surface area (Å²) in [6, 6.07) is 20.5. The molecule has 0 radical (unpaired) electrons. The van der Waals surface area contributed by atoms with Gasteiger partial charge in [0, 0.05) is 53.1 Å². The highest BCUT2D eigenvalue weighted by atomic mass is 35.5. The quantitative estimate of drug-likeness (QED) is 0.143. The maximum absolute atomic E-state index is 15.2. The van der Waals surface area contributed by atoms with E-state index < -0.39 is 35.0 Å². The molecule has 4 fully saturated rings. The molecule has 2 aromatic heterocycles. The van der Waals surface area contributed by atoms with Gasteiger partial charge in [-0.3, -0.25) is 28.8 Å². The first-order chi connectivity index (χ1) is 27.9. The van der Waals surface area contributed by atoms with Crippen molar-refractivity contribution in [3.63, 3.8) is 0 Å². The number of ether oxygens (including phenoxy) is 1. The number of phenols is 1. The molecule has 3 saturated heterocycles. The number of phenolic OH excluding ortho intramolecular Hbond substituents is 1. The van der Waals surface area contributed by atoms with Gasteiger partial charge in [-0.2, -0.15) is 5.10 Å². The van der Waals surface area contributed by atoms with E-state index in [4.69, 9.17) is 21.4 Å². The summed E-state index contributed by atoms with van der Waals surface area (Å²) in [5, 5.41) is 18.2. The molecule has 0 spiro atoms. The van der Waals surface area contributed by atoms with E-state index in [-0.39, 0.29) is 35.8 Å². The second kappa shape index (κ2) is 13.4. The van der Waals surface area contributed by atoms with Crippen molar-refractivity contribution in [1.82, 2.24) is 9.78 Å². The summed E-state index contributed by atoms with van der Waals surface area (Å²) >= 11 is 7.91. The fourth-order valence-corrected chi connectivity index (χ4v) is 11.9. The maximum atomic E-state index is 15.2. The molecule has 296 valence electrons. The monoisotopic (exact) mass is 815 g/mol. The number of para-hydroxylation sites is 1. The number of allylic oxidation sites excluding steroid dienone is 2. The zero-order valence-electron chi connectivity index (χ0n) is 32.6. The van der Waals surface area contributed by atoms with E-state index in [1.165, 1.54) is 9.80 Å². The normalized spacial score (nSPS) is 27.0. The lowest BCUT2D eigenvalue weighted by molar-refractivity contribution is -0.131. The van der Waals surface area contributed by atoms with E-state index in [1.54, 1.807) is 42.1 Å². The van der Waals surface area contributed by atoms with Crippen LogP contribution in [0.3, 0.4) is 0 Å². The maximum Gasteiger partial charge on any atom is 0.242 e. The number of fused-ring (bicyclic) bond motifs is 5. The molecule has 5 aliphatic rings. The van der Waals surface area contributed by atoms with Crippen molar-refractivity contribution in [2.24, 2.45) is 36.1 Å². The number of aromatic hydroxyl groups is 1. The molecule has 5 aromatic rings. The molecule has 6 atom stereocenters. The van der Waals surface area contributed by atoms with Gasteiger partial charge in [-0.05, 0) is 98.5 Å². The molecular formula is C45H42ClN5O6S. The van der Waals surface area contributed by atoms with E-state index >= 15 is 4.79 Å². The molecule has 5 heterocycles. The van der Waals surface area contributed by atoms with Crippen LogP contribution in [0.15, 0.2) is 78.4 Å². The number of carbonyl (C=O) groups excluding carboxylic acids is 4. The fraction of sp³-hybridized carbons (Fsp3) is 0.356. The minimum Gasteiger partial charge on any atom is -0.507 e. The summed E-state index contributed by atoms with van der Waals surface area (Å²) in [6.07, 6.45) is 2.52. The summed E-state index contributed by atoms with van der Waals surface area (Å²) in [7, 11) is 1.73. The van der Waals surface area contributed by atoms with Crippen molar-refractivity contribution >= 4 is 73.8 Å². The van der Waals surface area contributed by atoms with Crippen molar-refractivity contribution in [3.8, 4) is 16.3 Å². The number of aromatic nitrogens is 2. The minimum absolute atomic E-state index is 0.0498. The van der Waals surface area contributed by atoms with Crippen molar-refractivity contribution in [2.75, 3.05) is 41.0 Å². The largest absolute Gasteiger partial charge is 0.507 e. The smallest absolute Gasteiger partial charge is 0.242 e. The van der Waals surface area contributed by atoms with Crippen molar-refractivity contribution < 1.29 is 29.0 Å². The Morgan fingerprint density at radius 3 is 2.40 bits per heavy atom. The van der Waals surface area contributed by atoms with Gasteiger partial charge in [-0.1, -0.05) is 41.4 Å². The zero-order valence-corrected chi connectivity index (χ0v) is 34.1. The third-order valence-electron chi connectivity index (χ3n) is 13.6. The summed E-state index contributed by atoms with van der Waals surface area (Å²) in [5.74, 6) is -4.36. The Kier molecular flexibility index (Phi) is 8.53. The molecule has 0 unspecified atom stereocenters. The Labute approximate surface area is 344 Å². The number of morpholine rings is 1. The highest BCUT2D eigenvalue weighted by molar-refractivity contribution is 7.22. The highest BCUT2D eigenvalue weighted by Gasteiger charge is 2.68. The summed E-state index contributed by atoms with van der Waals surface area (Å²) in [4.78, 5) is 64.8. The first-order valence-electron chi connectivity index (χ1n) is 19.8. The van der Waals surface area contributed by atoms with E-state index in [0.29, 0.717) is 53.0 Å². The van der Waals surface area contributed by atoms with Gasteiger partial charge in [0.05, 0.1) is 46.9 Å². The van der Waals surface area contributed by atoms with Crippen LogP contribution in [0, 0.1) is 42.9 Å². The predicted octanol–water partition coefficient (Wildman–Crippen LogP) is 7.55. The molecule has 13 heteroatoms. The van der Waals surface area contributed by atoms with Crippen LogP contribution >= 0.6 is 22.9 Å². The van der Waals surface area contributed by atoms with Gasteiger partial charge in [0.2, 0.25) is 23.6 Å². The van der Waals surface area contributed by atoms with E-state index in [1.807, 2.05) is 74.5 Å².